The van der Waals surface area contributed by atoms with Gasteiger partial charge in [-0.25, -0.2) is 18.2 Å². The molecule has 1 aliphatic heterocycles. The molecule has 0 unspecified atom stereocenters. The van der Waals surface area contributed by atoms with E-state index in [4.69, 9.17) is 5.73 Å². The van der Waals surface area contributed by atoms with Crippen molar-refractivity contribution in [2.45, 2.75) is 13.1 Å². The molecule has 3 N–H and O–H groups in total. The molecule has 0 fully saturated rings. The summed E-state index contributed by atoms with van der Waals surface area (Å²) in [6, 6.07) is 8.89. The third-order valence-corrected chi connectivity index (χ3v) is 4.74. The van der Waals surface area contributed by atoms with Crippen LogP contribution >= 0.6 is 0 Å². The molecular weight excluding hydrogens is 383 g/mol. The average molecular weight is 401 g/mol. The lowest BCUT2D eigenvalue weighted by Gasteiger charge is -2.28. The smallest absolute Gasteiger partial charge is 0.236 e. The number of hydrogen-bond donors (Lipinski definition) is 2. The maximum atomic E-state index is 13.6. The SMILES string of the molecule is NCC(=O)N1CCn2c(nc(-c3ccc(F)cc3)c2Nc2cc(F)cc(F)c2)C1. The Kier molecular flexibility index (Phi) is 4.98. The van der Waals surface area contributed by atoms with Crippen molar-refractivity contribution in [1.29, 1.82) is 0 Å². The number of imidazole rings is 1. The molecule has 2 aromatic carbocycles. The second-order valence-corrected chi connectivity index (χ2v) is 6.69. The molecule has 0 radical (unpaired) electrons. The van der Waals surface area contributed by atoms with Gasteiger partial charge in [-0.15, -0.1) is 0 Å². The number of aromatic nitrogens is 2. The molecule has 0 spiro atoms. The summed E-state index contributed by atoms with van der Waals surface area (Å²) in [7, 11) is 0. The first-order valence-electron chi connectivity index (χ1n) is 9.01. The molecule has 0 saturated heterocycles. The number of nitrogens with zero attached hydrogens (tertiary/aromatic N) is 3. The Balaban J connectivity index is 1.78. The Hall–Kier alpha value is -3.33. The average Bonchev–Trinajstić information content (AvgIpc) is 3.04. The van der Waals surface area contributed by atoms with E-state index in [2.05, 4.69) is 10.3 Å². The summed E-state index contributed by atoms with van der Waals surface area (Å²) < 4.78 is 42.5. The van der Waals surface area contributed by atoms with Gasteiger partial charge >= 0.3 is 0 Å². The predicted molar refractivity (Wildman–Crippen MR) is 102 cm³/mol. The van der Waals surface area contributed by atoms with Gasteiger partial charge in [0, 0.05) is 30.4 Å². The van der Waals surface area contributed by atoms with Gasteiger partial charge in [-0.2, -0.15) is 0 Å². The van der Waals surface area contributed by atoms with Crippen molar-refractivity contribution in [3.05, 3.63) is 65.7 Å². The van der Waals surface area contributed by atoms with Crippen LogP contribution in [0.5, 0.6) is 0 Å². The van der Waals surface area contributed by atoms with Crippen molar-refractivity contribution in [2.75, 3.05) is 18.4 Å². The van der Waals surface area contributed by atoms with Gasteiger partial charge in [-0.05, 0) is 36.4 Å². The summed E-state index contributed by atoms with van der Waals surface area (Å²) >= 11 is 0. The van der Waals surface area contributed by atoms with Crippen LogP contribution in [-0.4, -0.2) is 33.4 Å². The second-order valence-electron chi connectivity index (χ2n) is 6.69. The van der Waals surface area contributed by atoms with Crippen molar-refractivity contribution >= 4 is 17.4 Å². The lowest BCUT2D eigenvalue weighted by Crippen LogP contribution is -2.41. The minimum Gasteiger partial charge on any atom is -0.340 e. The highest BCUT2D eigenvalue weighted by Gasteiger charge is 2.26. The number of halogens is 3. The highest BCUT2D eigenvalue weighted by molar-refractivity contribution is 5.79. The minimum atomic E-state index is -0.714. The molecule has 1 amide bonds. The fraction of sp³-hybridized carbons (Fsp3) is 0.200. The summed E-state index contributed by atoms with van der Waals surface area (Å²) in [5, 5.41) is 3.03. The van der Waals surface area contributed by atoms with Crippen LogP contribution in [0.4, 0.5) is 24.7 Å². The highest BCUT2D eigenvalue weighted by atomic mass is 19.1. The number of nitrogens with one attached hydrogen (secondary N) is 1. The maximum Gasteiger partial charge on any atom is 0.236 e. The first-order valence-corrected chi connectivity index (χ1v) is 9.01. The van der Waals surface area contributed by atoms with Gasteiger partial charge in [0.1, 0.15) is 34.8 Å². The topological polar surface area (TPSA) is 76.2 Å². The van der Waals surface area contributed by atoms with Gasteiger partial charge in [0.2, 0.25) is 5.91 Å². The molecule has 29 heavy (non-hydrogen) atoms. The number of benzene rings is 2. The summed E-state index contributed by atoms with van der Waals surface area (Å²) in [4.78, 5) is 18.2. The number of amides is 1. The molecule has 0 aliphatic carbocycles. The standard InChI is InChI=1S/C20H18F3N5O/c21-13-3-1-12(2-4-13)19-20(25-16-8-14(22)7-15(23)9-16)28-6-5-27(18(29)10-24)11-17(28)26-19/h1-4,7-9,25H,5-6,10-11,24H2. The van der Waals surface area contributed by atoms with E-state index in [1.54, 1.807) is 17.0 Å². The Morgan fingerprint density at radius 3 is 2.38 bits per heavy atom. The van der Waals surface area contributed by atoms with Crippen LogP contribution < -0.4 is 11.1 Å². The van der Waals surface area contributed by atoms with Crippen molar-refractivity contribution in [3.63, 3.8) is 0 Å². The summed E-state index contributed by atoms with van der Waals surface area (Å²) in [5.74, 6) is -0.903. The van der Waals surface area contributed by atoms with E-state index in [-0.39, 0.29) is 30.5 Å². The van der Waals surface area contributed by atoms with E-state index in [9.17, 15) is 18.0 Å². The fourth-order valence-electron chi connectivity index (χ4n) is 3.37. The van der Waals surface area contributed by atoms with Crippen molar-refractivity contribution in [1.82, 2.24) is 14.5 Å². The zero-order chi connectivity index (χ0) is 20.5. The summed E-state index contributed by atoms with van der Waals surface area (Å²) in [6.45, 7) is 1.01. The normalized spacial score (nSPS) is 13.3. The minimum absolute atomic E-state index is 0.0980. The Morgan fingerprint density at radius 1 is 1.03 bits per heavy atom. The Morgan fingerprint density at radius 2 is 1.72 bits per heavy atom. The fourth-order valence-corrected chi connectivity index (χ4v) is 3.37. The van der Waals surface area contributed by atoms with E-state index in [1.807, 2.05) is 4.57 Å². The van der Waals surface area contributed by atoms with E-state index < -0.39 is 11.6 Å². The molecule has 0 atom stereocenters. The molecular formula is C20H18F3N5O. The number of hydrogen-bond acceptors (Lipinski definition) is 4. The number of carbonyl (C=O) groups excluding carboxylic acids is 1. The van der Waals surface area contributed by atoms with Gasteiger partial charge < -0.3 is 20.5 Å². The zero-order valence-corrected chi connectivity index (χ0v) is 15.3. The van der Waals surface area contributed by atoms with Crippen LogP contribution in [0.3, 0.4) is 0 Å². The molecule has 6 nitrogen and oxygen atoms in total. The van der Waals surface area contributed by atoms with E-state index in [1.165, 1.54) is 24.3 Å². The van der Waals surface area contributed by atoms with Crippen LogP contribution in [-0.2, 0) is 17.9 Å². The van der Waals surface area contributed by atoms with Gasteiger partial charge in [0.05, 0.1) is 13.1 Å². The van der Waals surface area contributed by atoms with E-state index >= 15 is 0 Å². The molecule has 1 aliphatic rings. The number of anilines is 2. The third-order valence-electron chi connectivity index (χ3n) is 4.74. The van der Waals surface area contributed by atoms with Gasteiger partial charge in [0.25, 0.3) is 0 Å². The lowest BCUT2D eigenvalue weighted by atomic mass is 10.1. The molecule has 9 heteroatoms. The number of rotatable bonds is 4. The number of carbonyl (C=O) groups is 1. The van der Waals surface area contributed by atoms with Gasteiger partial charge in [-0.1, -0.05) is 0 Å². The molecule has 1 aromatic heterocycles. The van der Waals surface area contributed by atoms with Gasteiger partial charge in [-0.3, -0.25) is 4.79 Å². The molecule has 150 valence electrons. The quantitative estimate of drug-likeness (QED) is 0.705. The van der Waals surface area contributed by atoms with Crippen LogP contribution in [0, 0.1) is 17.5 Å². The van der Waals surface area contributed by atoms with Crippen LogP contribution in [0.2, 0.25) is 0 Å². The van der Waals surface area contributed by atoms with E-state index in [0.29, 0.717) is 36.0 Å². The lowest BCUT2D eigenvalue weighted by molar-refractivity contribution is -0.131. The van der Waals surface area contributed by atoms with Crippen LogP contribution in [0.15, 0.2) is 42.5 Å². The third kappa shape index (κ3) is 3.81. The monoisotopic (exact) mass is 401 g/mol. The molecule has 3 aromatic rings. The first kappa shape index (κ1) is 19.0. The summed E-state index contributed by atoms with van der Waals surface area (Å²) in [5.41, 5.74) is 6.79. The second kappa shape index (κ2) is 7.59. The van der Waals surface area contributed by atoms with Gasteiger partial charge in [0.15, 0.2) is 0 Å². The highest BCUT2D eigenvalue weighted by Crippen LogP contribution is 2.33. The molecule has 2 heterocycles. The predicted octanol–water partition coefficient (Wildman–Crippen LogP) is 3.01. The molecule has 0 bridgehead atoms. The van der Waals surface area contributed by atoms with Crippen LogP contribution in [0.1, 0.15) is 5.82 Å². The number of nitrogens with two attached hydrogens (primary N) is 1. The zero-order valence-electron chi connectivity index (χ0n) is 15.3. The first-order chi connectivity index (χ1) is 13.9. The maximum absolute atomic E-state index is 13.6. The van der Waals surface area contributed by atoms with Crippen molar-refractivity contribution in [3.8, 4) is 11.3 Å². The largest absolute Gasteiger partial charge is 0.340 e. The number of fused-ring (bicyclic) bond motifs is 1. The van der Waals surface area contributed by atoms with Crippen LogP contribution in [0.25, 0.3) is 11.3 Å². The van der Waals surface area contributed by atoms with E-state index in [0.717, 1.165) is 6.07 Å². The summed E-state index contributed by atoms with van der Waals surface area (Å²) in [6.07, 6.45) is 0. The molecule has 0 saturated carbocycles. The molecule has 4 rings (SSSR count). The van der Waals surface area contributed by atoms with Crippen molar-refractivity contribution < 1.29 is 18.0 Å². The Labute approximate surface area is 164 Å². The Bertz CT molecular complexity index is 1040. The van der Waals surface area contributed by atoms with Crippen molar-refractivity contribution in [2.24, 2.45) is 5.73 Å².